The lowest BCUT2D eigenvalue weighted by atomic mass is 10.1. The van der Waals surface area contributed by atoms with Crippen LogP contribution in [0.3, 0.4) is 0 Å². The number of hydrogen-bond acceptors (Lipinski definition) is 3. The third kappa shape index (κ3) is 5.21. The van der Waals surface area contributed by atoms with Crippen LogP contribution in [0.2, 0.25) is 5.28 Å². The minimum atomic E-state index is -5.02. The Morgan fingerprint density at radius 3 is 1.72 bits per heavy atom. The number of rotatable bonds is 2. The van der Waals surface area contributed by atoms with Crippen LogP contribution in [0.25, 0.3) is 0 Å². The summed E-state index contributed by atoms with van der Waals surface area (Å²) in [6.07, 6.45) is -7.83. The molecular weight excluding hydrogens is 378 g/mol. The van der Waals surface area contributed by atoms with Gasteiger partial charge < -0.3 is 10.6 Å². The molecule has 2 amide bonds. The molecule has 0 saturated carbocycles. The summed E-state index contributed by atoms with van der Waals surface area (Å²) >= 11 is 5.43. The van der Waals surface area contributed by atoms with Gasteiger partial charge in [0, 0.05) is 5.69 Å². The first kappa shape index (κ1) is 18.8. The molecule has 1 heterocycles. The maximum absolute atomic E-state index is 12.7. The first-order valence-corrected chi connectivity index (χ1v) is 6.68. The van der Waals surface area contributed by atoms with E-state index >= 15 is 0 Å². The summed E-state index contributed by atoms with van der Waals surface area (Å²) in [7, 11) is 0. The van der Waals surface area contributed by atoms with E-state index < -0.39 is 35.2 Å². The van der Waals surface area contributed by atoms with Crippen molar-refractivity contribution in [3.8, 4) is 0 Å². The SMILES string of the molecule is O=C(Nc1cnc(Cl)nc1)Nc1cc(C(F)(F)F)cc(C(F)(F)F)c1. The molecule has 2 rings (SSSR count). The number of benzene rings is 1. The molecule has 0 radical (unpaired) electrons. The lowest BCUT2D eigenvalue weighted by Gasteiger charge is -2.15. The Morgan fingerprint density at radius 2 is 1.28 bits per heavy atom. The molecule has 0 spiro atoms. The number of carbonyl (C=O) groups excluding carboxylic acids is 1. The van der Waals surface area contributed by atoms with Gasteiger partial charge in [0.1, 0.15) is 0 Å². The van der Waals surface area contributed by atoms with Crippen LogP contribution in [0.15, 0.2) is 30.6 Å². The third-order valence-electron chi connectivity index (χ3n) is 2.72. The molecule has 25 heavy (non-hydrogen) atoms. The second-order valence-electron chi connectivity index (χ2n) is 4.61. The van der Waals surface area contributed by atoms with Gasteiger partial charge in [-0.2, -0.15) is 26.3 Å². The molecule has 0 unspecified atom stereocenters. The second-order valence-corrected chi connectivity index (χ2v) is 4.95. The summed E-state index contributed by atoms with van der Waals surface area (Å²) in [6.45, 7) is 0. The Hall–Kier alpha value is -2.56. The lowest BCUT2D eigenvalue weighted by Crippen LogP contribution is -2.21. The second kappa shape index (κ2) is 6.75. The van der Waals surface area contributed by atoms with Crippen LogP contribution in [0.5, 0.6) is 0 Å². The molecule has 5 nitrogen and oxygen atoms in total. The van der Waals surface area contributed by atoms with Gasteiger partial charge >= 0.3 is 18.4 Å². The van der Waals surface area contributed by atoms with Crippen LogP contribution < -0.4 is 10.6 Å². The number of anilines is 2. The van der Waals surface area contributed by atoms with E-state index in [9.17, 15) is 31.1 Å². The maximum atomic E-state index is 12.7. The minimum absolute atomic E-state index is 0.0323. The summed E-state index contributed by atoms with van der Waals surface area (Å²) in [5.41, 5.74) is -3.75. The fraction of sp³-hybridized carbons (Fsp3) is 0.154. The largest absolute Gasteiger partial charge is 0.416 e. The summed E-state index contributed by atoms with van der Waals surface area (Å²) in [6, 6.07) is -0.366. The van der Waals surface area contributed by atoms with Crippen molar-refractivity contribution in [1.82, 2.24) is 9.97 Å². The van der Waals surface area contributed by atoms with Gasteiger partial charge in [-0.3, -0.25) is 0 Å². The number of nitrogens with zero attached hydrogens (tertiary/aromatic N) is 2. The summed E-state index contributed by atoms with van der Waals surface area (Å²) in [5, 5.41) is 3.92. The van der Waals surface area contributed by atoms with Gasteiger partial charge in [-0.25, -0.2) is 14.8 Å². The molecule has 1 aromatic carbocycles. The van der Waals surface area contributed by atoms with Crippen LogP contribution >= 0.6 is 11.6 Å². The van der Waals surface area contributed by atoms with Crippen LogP contribution in [0, 0.1) is 0 Å². The van der Waals surface area contributed by atoms with Crippen molar-refractivity contribution in [3.05, 3.63) is 47.0 Å². The van der Waals surface area contributed by atoms with Crippen LogP contribution in [-0.4, -0.2) is 16.0 Å². The first-order chi connectivity index (χ1) is 11.4. The number of carbonyl (C=O) groups is 1. The zero-order valence-electron chi connectivity index (χ0n) is 11.8. The standard InChI is InChI=1S/C13H7ClF6N4O/c14-10-21-4-9(5-22-10)24-11(25)23-8-2-6(12(15,16)17)1-7(3-8)13(18,19)20/h1-5H,(H2,23,24,25). The van der Waals surface area contributed by atoms with Crippen LogP contribution in [0.4, 0.5) is 42.5 Å². The molecule has 0 aliphatic heterocycles. The minimum Gasteiger partial charge on any atom is -0.308 e. The van der Waals surface area contributed by atoms with Crippen molar-refractivity contribution in [2.24, 2.45) is 0 Å². The first-order valence-electron chi connectivity index (χ1n) is 6.30. The highest BCUT2D eigenvalue weighted by Crippen LogP contribution is 2.37. The Kier molecular flexibility index (Phi) is 5.07. The summed E-state index contributed by atoms with van der Waals surface area (Å²) in [4.78, 5) is 18.8. The fourth-order valence-electron chi connectivity index (χ4n) is 1.70. The average Bonchev–Trinajstić information content (AvgIpc) is 2.47. The zero-order chi connectivity index (χ0) is 18.8. The lowest BCUT2D eigenvalue weighted by molar-refractivity contribution is -0.143. The highest BCUT2D eigenvalue weighted by Gasteiger charge is 2.37. The third-order valence-corrected chi connectivity index (χ3v) is 2.92. The van der Waals surface area contributed by atoms with Gasteiger partial charge in [0.2, 0.25) is 5.28 Å². The van der Waals surface area contributed by atoms with Crippen molar-refractivity contribution < 1.29 is 31.1 Å². The van der Waals surface area contributed by atoms with Gasteiger partial charge in [0.05, 0.1) is 29.2 Å². The Morgan fingerprint density at radius 1 is 0.840 bits per heavy atom. The highest BCUT2D eigenvalue weighted by molar-refractivity contribution is 6.28. The van der Waals surface area contributed by atoms with Gasteiger partial charge in [0.25, 0.3) is 0 Å². The predicted molar refractivity (Wildman–Crippen MR) is 76.1 cm³/mol. The van der Waals surface area contributed by atoms with Crippen molar-refractivity contribution in [2.45, 2.75) is 12.4 Å². The van der Waals surface area contributed by atoms with Gasteiger partial charge in [-0.1, -0.05) is 0 Å². The number of amides is 2. The number of alkyl halides is 6. The summed E-state index contributed by atoms with van der Waals surface area (Å²) in [5.74, 6) is 0. The van der Waals surface area contributed by atoms with Crippen LogP contribution in [0.1, 0.15) is 11.1 Å². The molecule has 2 aromatic rings. The topological polar surface area (TPSA) is 66.9 Å². The highest BCUT2D eigenvalue weighted by atomic mass is 35.5. The van der Waals surface area contributed by atoms with E-state index in [1.807, 2.05) is 5.32 Å². The molecule has 0 fully saturated rings. The van der Waals surface area contributed by atoms with Crippen molar-refractivity contribution in [2.75, 3.05) is 10.6 Å². The van der Waals surface area contributed by atoms with E-state index in [0.29, 0.717) is 12.1 Å². The zero-order valence-corrected chi connectivity index (χ0v) is 12.6. The Labute approximate surface area is 141 Å². The predicted octanol–water partition coefficient (Wildman–Crippen LogP) is 4.81. The molecule has 0 aliphatic carbocycles. The van der Waals surface area contributed by atoms with Gasteiger partial charge in [-0.05, 0) is 29.8 Å². The number of halogens is 7. The summed E-state index contributed by atoms with van der Waals surface area (Å²) < 4.78 is 76.4. The van der Waals surface area contributed by atoms with Gasteiger partial charge in [0.15, 0.2) is 0 Å². The number of hydrogen-bond donors (Lipinski definition) is 2. The van der Waals surface area contributed by atoms with Crippen molar-refractivity contribution in [1.29, 1.82) is 0 Å². The maximum Gasteiger partial charge on any atom is 0.416 e. The fourth-order valence-corrected chi connectivity index (χ4v) is 1.79. The van der Waals surface area contributed by atoms with E-state index in [0.717, 1.165) is 12.4 Å². The molecule has 12 heteroatoms. The van der Waals surface area contributed by atoms with Crippen LogP contribution in [-0.2, 0) is 12.4 Å². The van der Waals surface area contributed by atoms with E-state index in [-0.39, 0.29) is 17.0 Å². The van der Waals surface area contributed by atoms with E-state index in [1.165, 1.54) is 0 Å². The molecule has 134 valence electrons. The van der Waals surface area contributed by atoms with Crippen molar-refractivity contribution in [3.63, 3.8) is 0 Å². The monoisotopic (exact) mass is 384 g/mol. The molecule has 0 aliphatic rings. The molecular formula is C13H7ClF6N4O. The molecule has 1 aromatic heterocycles. The average molecular weight is 385 g/mol. The number of urea groups is 1. The van der Waals surface area contributed by atoms with Gasteiger partial charge in [-0.15, -0.1) is 0 Å². The van der Waals surface area contributed by atoms with Crippen molar-refractivity contribution >= 4 is 29.0 Å². The van der Waals surface area contributed by atoms with E-state index in [2.05, 4.69) is 15.3 Å². The molecule has 2 N–H and O–H groups in total. The number of aromatic nitrogens is 2. The van der Waals surface area contributed by atoms with E-state index in [4.69, 9.17) is 11.6 Å². The smallest absolute Gasteiger partial charge is 0.308 e. The molecule has 0 atom stereocenters. The number of nitrogens with one attached hydrogen (secondary N) is 2. The normalized spacial score (nSPS) is 12.0. The Bertz CT molecular complexity index is 743. The molecule has 0 bridgehead atoms. The molecule has 0 saturated heterocycles. The van der Waals surface area contributed by atoms with E-state index in [1.54, 1.807) is 0 Å². The Balaban J connectivity index is 2.25. The quantitative estimate of drug-likeness (QED) is 0.576.